The molecule has 0 aromatic carbocycles. The van der Waals surface area contributed by atoms with E-state index in [0.29, 0.717) is 0 Å². The zero-order valence-corrected chi connectivity index (χ0v) is 7.58. The molecule has 0 aliphatic rings. The van der Waals surface area contributed by atoms with E-state index in [0.717, 1.165) is 0 Å². The van der Waals surface area contributed by atoms with E-state index in [1.165, 1.54) is 17.3 Å². The largest absolute Gasteiger partial charge is 0.391 e. The quantitative estimate of drug-likeness (QED) is 0.536. The van der Waals surface area contributed by atoms with Gasteiger partial charge in [0, 0.05) is 0 Å². The van der Waals surface area contributed by atoms with Crippen molar-refractivity contribution in [2.45, 2.75) is 12.6 Å². The normalized spacial score (nSPS) is 14.4. The van der Waals surface area contributed by atoms with Crippen molar-refractivity contribution in [1.82, 2.24) is 14.8 Å². The van der Waals surface area contributed by atoms with Crippen LogP contribution in [0.4, 0.5) is 0 Å². The van der Waals surface area contributed by atoms with E-state index in [2.05, 4.69) is 10.1 Å². The minimum Gasteiger partial charge on any atom is -0.391 e. The van der Waals surface area contributed by atoms with Crippen LogP contribution in [0.3, 0.4) is 0 Å². The summed E-state index contributed by atoms with van der Waals surface area (Å²) in [7, 11) is -4.15. The van der Waals surface area contributed by atoms with E-state index in [1.54, 1.807) is 0 Å². The summed E-state index contributed by atoms with van der Waals surface area (Å²) >= 11 is 0. The van der Waals surface area contributed by atoms with Crippen molar-refractivity contribution in [2.24, 2.45) is 0 Å². The zero-order chi connectivity index (χ0) is 9.90. The molecule has 0 radical (unpaired) electrons. The SMILES string of the molecule is O=P(O)(O)CC(O)Cn1cncn1. The summed E-state index contributed by atoms with van der Waals surface area (Å²) in [6.07, 6.45) is 0.975. The maximum atomic E-state index is 10.5. The van der Waals surface area contributed by atoms with Gasteiger partial charge in [0.15, 0.2) is 0 Å². The molecule has 0 saturated carbocycles. The molecule has 1 aromatic rings. The highest BCUT2D eigenvalue weighted by Crippen LogP contribution is 2.34. The first-order chi connectivity index (χ1) is 5.97. The van der Waals surface area contributed by atoms with Crippen LogP contribution >= 0.6 is 7.60 Å². The molecule has 1 unspecified atom stereocenters. The molecular formula is C5H10N3O4P. The third kappa shape index (κ3) is 4.14. The minimum absolute atomic E-state index is 0.0328. The first kappa shape index (κ1) is 10.3. The Hall–Kier alpha value is -0.750. The molecule has 74 valence electrons. The molecular weight excluding hydrogens is 197 g/mol. The molecule has 1 atom stereocenters. The van der Waals surface area contributed by atoms with Gasteiger partial charge in [-0.2, -0.15) is 5.10 Å². The number of rotatable bonds is 4. The van der Waals surface area contributed by atoms with Crippen LogP contribution in [0, 0.1) is 0 Å². The Morgan fingerprint density at radius 3 is 2.69 bits per heavy atom. The van der Waals surface area contributed by atoms with Crippen LogP contribution in [0.1, 0.15) is 0 Å². The van der Waals surface area contributed by atoms with E-state index >= 15 is 0 Å². The molecule has 0 bridgehead atoms. The summed E-state index contributed by atoms with van der Waals surface area (Å²) in [6, 6.07) is 0. The summed E-state index contributed by atoms with van der Waals surface area (Å²) in [4.78, 5) is 20.7. The summed E-state index contributed by atoms with van der Waals surface area (Å²) < 4.78 is 11.8. The van der Waals surface area contributed by atoms with Gasteiger partial charge in [0.1, 0.15) is 12.7 Å². The molecule has 0 amide bonds. The van der Waals surface area contributed by atoms with Gasteiger partial charge >= 0.3 is 7.60 Å². The Bertz CT molecular complexity index is 295. The van der Waals surface area contributed by atoms with Gasteiger partial charge in [0.05, 0.1) is 18.8 Å². The van der Waals surface area contributed by atoms with Crippen LogP contribution in [0.5, 0.6) is 0 Å². The summed E-state index contributed by atoms with van der Waals surface area (Å²) in [5, 5.41) is 12.9. The van der Waals surface area contributed by atoms with Gasteiger partial charge in [-0.25, -0.2) is 4.98 Å². The maximum Gasteiger partial charge on any atom is 0.328 e. The van der Waals surface area contributed by atoms with Crippen LogP contribution < -0.4 is 0 Å². The monoisotopic (exact) mass is 207 g/mol. The van der Waals surface area contributed by atoms with E-state index < -0.39 is 19.9 Å². The topological polar surface area (TPSA) is 108 Å². The van der Waals surface area contributed by atoms with E-state index in [-0.39, 0.29) is 6.54 Å². The standard InChI is InChI=1S/C5H10N3O4P/c9-5(2-13(10,11)12)1-8-4-6-3-7-8/h3-5,9H,1-2H2,(H2,10,11,12). The Morgan fingerprint density at radius 2 is 2.23 bits per heavy atom. The molecule has 3 N–H and O–H groups in total. The van der Waals surface area contributed by atoms with Crippen molar-refractivity contribution < 1.29 is 19.5 Å². The third-order valence-corrected chi connectivity index (χ3v) is 2.21. The average Bonchev–Trinajstić information content (AvgIpc) is 2.34. The Morgan fingerprint density at radius 1 is 1.54 bits per heavy atom. The molecule has 0 saturated heterocycles. The first-order valence-corrected chi connectivity index (χ1v) is 5.32. The molecule has 0 fully saturated rings. The lowest BCUT2D eigenvalue weighted by molar-refractivity contribution is 0.163. The predicted octanol–water partition coefficient (Wildman–Crippen LogP) is -1.18. The summed E-state index contributed by atoms with van der Waals surface area (Å²) in [6.45, 7) is 0.0328. The molecule has 7 nitrogen and oxygen atoms in total. The molecule has 0 spiro atoms. The van der Waals surface area contributed by atoms with Gasteiger partial charge in [0.2, 0.25) is 0 Å². The van der Waals surface area contributed by atoms with Crippen LogP contribution in [-0.4, -0.2) is 41.9 Å². The van der Waals surface area contributed by atoms with Crippen LogP contribution in [0.2, 0.25) is 0 Å². The molecule has 13 heavy (non-hydrogen) atoms. The third-order valence-electron chi connectivity index (χ3n) is 1.31. The lowest BCUT2D eigenvalue weighted by Crippen LogP contribution is -2.20. The van der Waals surface area contributed by atoms with Gasteiger partial charge in [-0.05, 0) is 0 Å². The lowest BCUT2D eigenvalue weighted by atomic mass is 10.4. The number of hydrogen-bond donors (Lipinski definition) is 3. The second-order valence-corrected chi connectivity index (χ2v) is 4.31. The fraction of sp³-hybridized carbons (Fsp3) is 0.600. The molecule has 1 rings (SSSR count). The van der Waals surface area contributed by atoms with Crippen molar-refractivity contribution in [3.8, 4) is 0 Å². The smallest absolute Gasteiger partial charge is 0.328 e. The number of nitrogens with zero attached hydrogens (tertiary/aromatic N) is 3. The first-order valence-electron chi connectivity index (χ1n) is 3.52. The predicted molar refractivity (Wildman–Crippen MR) is 42.9 cm³/mol. The highest BCUT2D eigenvalue weighted by Gasteiger charge is 2.19. The molecule has 0 aliphatic heterocycles. The number of aromatic nitrogens is 3. The second-order valence-electron chi connectivity index (χ2n) is 2.62. The van der Waals surface area contributed by atoms with Gasteiger partial charge in [-0.3, -0.25) is 9.25 Å². The Balaban J connectivity index is 2.43. The van der Waals surface area contributed by atoms with Crippen molar-refractivity contribution in [2.75, 3.05) is 6.16 Å². The van der Waals surface area contributed by atoms with E-state index in [4.69, 9.17) is 9.79 Å². The molecule has 0 aliphatic carbocycles. The van der Waals surface area contributed by atoms with Crippen molar-refractivity contribution >= 4 is 7.60 Å². The van der Waals surface area contributed by atoms with Crippen LogP contribution in [-0.2, 0) is 11.1 Å². The maximum absolute atomic E-state index is 10.5. The highest BCUT2D eigenvalue weighted by atomic mass is 31.2. The van der Waals surface area contributed by atoms with Gasteiger partial charge in [0.25, 0.3) is 0 Å². The van der Waals surface area contributed by atoms with Gasteiger partial charge in [-0.1, -0.05) is 0 Å². The Kier molecular flexibility index (Phi) is 3.16. The lowest BCUT2D eigenvalue weighted by Gasteiger charge is -2.10. The van der Waals surface area contributed by atoms with Gasteiger partial charge in [-0.15, -0.1) is 0 Å². The minimum atomic E-state index is -4.15. The molecule has 1 heterocycles. The Labute approximate surface area is 74.2 Å². The van der Waals surface area contributed by atoms with Crippen molar-refractivity contribution in [1.29, 1.82) is 0 Å². The van der Waals surface area contributed by atoms with E-state index in [9.17, 15) is 9.67 Å². The number of aliphatic hydroxyl groups excluding tert-OH is 1. The van der Waals surface area contributed by atoms with E-state index in [1.807, 2.05) is 0 Å². The summed E-state index contributed by atoms with van der Waals surface area (Å²) in [5.41, 5.74) is 0. The fourth-order valence-corrected chi connectivity index (χ4v) is 1.54. The fourth-order valence-electron chi connectivity index (χ4n) is 0.875. The van der Waals surface area contributed by atoms with Gasteiger partial charge < -0.3 is 14.9 Å². The average molecular weight is 207 g/mol. The highest BCUT2D eigenvalue weighted by molar-refractivity contribution is 7.51. The molecule has 1 aromatic heterocycles. The number of aliphatic hydroxyl groups is 1. The summed E-state index contributed by atoms with van der Waals surface area (Å²) in [5.74, 6) is 0. The molecule has 8 heteroatoms. The van der Waals surface area contributed by atoms with Crippen molar-refractivity contribution in [3.05, 3.63) is 12.7 Å². The zero-order valence-electron chi connectivity index (χ0n) is 6.69. The van der Waals surface area contributed by atoms with Crippen LogP contribution in [0.25, 0.3) is 0 Å². The van der Waals surface area contributed by atoms with Crippen molar-refractivity contribution in [3.63, 3.8) is 0 Å². The van der Waals surface area contributed by atoms with Crippen LogP contribution in [0.15, 0.2) is 12.7 Å². The second kappa shape index (κ2) is 3.97. The number of hydrogen-bond acceptors (Lipinski definition) is 4.